The van der Waals surface area contributed by atoms with Crippen molar-refractivity contribution >= 4 is 11.8 Å². The third-order valence-electron chi connectivity index (χ3n) is 5.55. The Labute approximate surface area is 182 Å². The lowest BCUT2D eigenvalue weighted by Crippen LogP contribution is -2.40. The molecule has 0 aliphatic carbocycles. The molecule has 4 rings (SSSR count). The molecule has 0 bridgehead atoms. The van der Waals surface area contributed by atoms with Crippen LogP contribution in [0.5, 0.6) is 0 Å². The second-order valence-electron chi connectivity index (χ2n) is 7.95. The van der Waals surface area contributed by atoms with E-state index < -0.39 is 0 Å². The van der Waals surface area contributed by atoms with Gasteiger partial charge in [-0.1, -0.05) is 67.1 Å². The first kappa shape index (κ1) is 20.8. The molecule has 2 amide bonds. The summed E-state index contributed by atoms with van der Waals surface area (Å²) in [4.78, 5) is 26.4. The van der Waals surface area contributed by atoms with Gasteiger partial charge in [-0.3, -0.25) is 14.3 Å². The molecule has 1 aliphatic heterocycles. The van der Waals surface area contributed by atoms with E-state index >= 15 is 0 Å². The Morgan fingerprint density at radius 2 is 1.71 bits per heavy atom. The highest BCUT2D eigenvalue weighted by Crippen LogP contribution is 2.22. The number of carbonyl (C=O) groups is 2. The summed E-state index contributed by atoms with van der Waals surface area (Å²) < 4.78 is 1.91. The summed E-state index contributed by atoms with van der Waals surface area (Å²) in [6, 6.07) is 20.2. The van der Waals surface area contributed by atoms with Crippen molar-refractivity contribution in [2.24, 2.45) is 0 Å². The van der Waals surface area contributed by atoms with Crippen LogP contribution in [-0.4, -0.2) is 39.6 Å². The number of hydrogen-bond donors (Lipinski definition) is 1. The second kappa shape index (κ2) is 10.1. The van der Waals surface area contributed by atoms with E-state index in [1.54, 1.807) is 4.90 Å². The SMILES string of the molecule is O=C(CN1CCCCCC1=O)NCc1cn(Cc2ccccc2)nc1-c1ccccc1. The predicted octanol–water partition coefficient (Wildman–Crippen LogP) is 3.62. The van der Waals surface area contributed by atoms with Crippen molar-refractivity contribution < 1.29 is 9.59 Å². The molecule has 0 radical (unpaired) electrons. The van der Waals surface area contributed by atoms with Crippen LogP contribution in [0.3, 0.4) is 0 Å². The van der Waals surface area contributed by atoms with Gasteiger partial charge in [0.25, 0.3) is 0 Å². The molecule has 160 valence electrons. The van der Waals surface area contributed by atoms with Crippen LogP contribution in [0.4, 0.5) is 0 Å². The minimum absolute atomic E-state index is 0.0771. The van der Waals surface area contributed by atoms with Gasteiger partial charge in [0, 0.05) is 36.8 Å². The lowest BCUT2D eigenvalue weighted by molar-refractivity contribution is -0.135. The van der Waals surface area contributed by atoms with Crippen molar-refractivity contribution in [2.75, 3.05) is 13.1 Å². The third-order valence-corrected chi connectivity index (χ3v) is 5.55. The fourth-order valence-corrected chi connectivity index (χ4v) is 3.91. The van der Waals surface area contributed by atoms with Crippen molar-refractivity contribution in [1.29, 1.82) is 0 Å². The zero-order valence-electron chi connectivity index (χ0n) is 17.7. The van der Waals surface area contributed by atoms with E-state index in [-0.39, 0.29) is 18.4 Å². The van der Waals surface area contributed by atoms with Crippen LogP contribution >= 0.6 is 0 Å². The van der Waals surface area contributed by atoms with Gasteiger partial charge in [-0.15, -0.1) is 0 Å². The molecule has 3 aromatic rings. The fourth-order valence-electron chi connectivity index (χ4n) is 3.91. The molecular weight excluding hydrogens is 388 g/mol. The normalized spacial score (nSPS) is 14.3. The number of benzene rings is 2. The van der Waals surface area contributed by atoms with Gasteiger partial charge in [0.15, 0.2) is 0 Å². The van der Waals surface area contributed by atoms with Crippen LogP contribution in [-0.2, 0) is 22.7 Å². The first-order valence-electron chi connectivity index (χ1n) is 10.9. The zero-order chi connectivity index (χ0) is 21.5. The van der Waals surface area contributed by atoms with Crippen LogP contribution in [0.2, 0.25) is 0 Å². The van der Waals surface area contributed by atoms with Gasteiger partial charge >= 0.3 is 0 Å². The van der Waals surface area contributed by atoms with Gasteiger partial charge in [0.1, 0.15) is 0 Å². The summed E-state index contributed by atoms with van der Waals surface area (Å²) in [6.45, 7) is 1.82. The van der Waals surface area contributed by atoms with E-state index in [0.717, 1.165) is 36.1 Å². The number of amides is 2. The molecule has 1 aromatic heterocycles. The van der Waals surface area contributed by atoms with E-state index in [0.29, 0.717) is 26.1 Å². The van der Waals surface area contributed by atoms with Gasteiger partial charge in [0.05, 0.1) is 18.8 Å². The maximum Gasteiger partial charge on any atom is 0.239 e. The van der Waals surface area contributed by atoms with Crippen molar-refractivity contribution in [3.63, 3.8) is 0 Å². The highest BCUT2D eigenvalue weighted by atomic mass is 16.2. The maximum absolute atomic E-state index is 12.6. The first-order chi connectivity index (χ1) is 15.2. The number of carbonyl (C=O) groups excluding carboxylic acids is 2. The van der Waals surface area contributed by atoms with E-state index in [1.807, 2.05) is 59.4 Å². The minimum Gasteiger partial charge on any atom is -0.350 e. The van der Waals surface area contributed by atoms with Crippen LogP contribution in [0, 0.1) is 0 Å². The number of hydrogen-bond acceptors (Lipinski definition) is 3. The van der Waals surface area contributed by atoms with Gasteiger partial charge in [0.2, 0.25) is 11.8 Å². The number of rotatable bonds is 7. The van der Waals surface area contributed by atoms with E-state index in [9.17, 15) is 9.59 Å². The fraction of sp³-hybridized carbons (Fsp3) is 0.320. The Morgan fingerprint density at radius 1 is 0.968 bits per heavy atom. The molecule has 6 nitrogen and oxygen atoms in total. The average molecular weight is 417 g/mol. The summed E-state index contributed by atoms with van der Waals surface area (Å²) in [5.74, 6) is -0.0571. The first-order valence-corrected chi connectivity index (χ1v) is 10.9. The molecule has 31 heavy (non-hydrogen) atoms. The molecule has 0 saturated carbocycles. The van der Waals surface area contributed by atoms with Crippen LogP contribution < -0.4 is 5.32 Å². The smallest absolute Gasteiger partial charge is 0.239 e. The Kier molecular flexibility index (Phi) is 6.77. The Hall–Kier alpha value is -3.41. The van der Waals surface area contributed by atoms with E-state index in [1.165, 1.54) is 5.56 Å². The molecule has 1 aliphatic rings. The molecule has 1 saturated heterocycles. The van der Waals surface area contributed by atoms with Crippen LogP contribution in [0.15, 0.2) is 66.9 Å². The highest BCUT2D eigenvalue weighted by molar-refractivity contribution is 5.85. The topological polar surface area (TPSA) is 67.2 Å². The average Bonchev–Trinajstić information content (AvgIpc) is 3.09. The van der Waals surface area contributed by atoms with Crippen LogP contribution in [0.1, 0.15) is 36.8 Å². The summed E-state index contributed by atoms with van der Waals surface area (Å²) in [6.07, 6.45) is 5.46. The number of nitrogens with one attached hydrogen (secondary N) is 1. The largest absolute Gasteiger partial charge is 0.350 e. The molecule has 1 fully saturated rings. The number of nitrogens with zero attached hydrogens (tertiary/aromatic N) is 3. The highest BCUT2D eigenvalue weighted by Gasteiger charge is 2.19. The van der Waals surface area contributed by atoms with Crippen LogP contribution in [0.25, 0.3) is 11.3 Å². The maximum atomic E-state index is 12.6. The Bertz CT molecular complexity index is 1010. The third kappa shape index (κ3) is 5.60. The monoisotopic (exact) mass is 416 g/mol. The Balaban J connectivity index is 1.47. The van der Waals surface area contributed by atoms with Gasteiger partial charge in [-0.05, 0) is 18.4 Å². The van der Waals surface area contributed by atoms with Crippen molar-refractivity contribution in [3.05, 3.63) is 78.0 Å². The number of likely N-dealkylation sites (tertiary alicyclic amines) is 1. The lowest BCUT2D eigenvalue weighted by Gasteiger charge is -2.19. The quantitative estimate of drug-likeness (QED) is 0.640. The molecule has 0 spiro atoms. The molecule has 0 unspecified atom stereocenters. The minimum atomic E-state index is -0.134. The van der Waals surface area contributed by atoms with Crippen molar-refractivity contribution in [2.45, 2.75) is 38.8 Å². The summed E-state index contributed by atoms with van der Waals surface area (Å²) in [7, 11) is 0. The standard InChI is InChI=1S/C25H28N4O2/c30-23(19-28-15-9-3-8-14-24(28)31)26-16-22-18-29(17-20-10-4-1-5-11-20)27-25(22)21-12-6-2-7-13-21/h1-2,4-7,10-13,18H,3,8-9,14-17,19H2,(H,26,30). The molecule has 1 N–H and O–H groups in total. The predicted molar refractivity (Wildman–Crippen MR) is 120 cm³/mol. The molecule has 0 atom stereocenters. The van der Waals surface area contributed by atoms with Gasteiger partial charge in [-0.25, -0.2) is 0 Å². The van der Waals surface area contributed by atoms with Gasteiger partial charge in [-0.2, -0.15) is 5.10 Å². The summed E-state index contributed by atoms with van der Waals surface area (Å²) >= 11 is 0. The molecular formula is C25H28N4O2. The summed E-state index contributed by atoms with van der Waals surface area (Å²) in [5.41, 5.74) is 4.00. The van der Waals surface area contributed by atoms with E-state index in [2.05, 4.69) is 17.4 Å². The van der Waals surface area contributed by atoms with Crippen molar-refractivity contribution in [1.82, 2.24) is 20.0 Å². The van der Waals surface area contributed by atoms with E-state index in [4.69, 9.17) is 5.10 Å². The summed E-state index contributed by atoms with van der Waals surface area (Å²) in [5, 5.41) is 7.78. The molecule has 6 heteroatoms. The lowest BCUT2D eigenvalue weighted by atomic mass is 10.1. The molecule has 2 heterocycles. The zero-order valence-corrected chi connectivity index (χ0v) is 17.7. The van der Waals surface area contributed by atoms with Crippen molar-refractivity contribution in [3.8, 4) is 11.3 Å². The number of aromatic nitrogens is 2. The molecule has 2 aromatic carbocycles. The van der Waals surface area contributed by atoms with Gasteiger partial charge < -0.3 is 10.2 Å². The Morgan fingerprint density at radius 3 is 2.48 bits per heavy atom. The second-order valence-corrected chi connectivity index (χ2v) is 7.95.